The Morgan fingerprint density at radius 3 is 2.29 bits per heavy atom. The van der Waals surface area contributed by atoms with Gasteiger partial charge in [-0.25, -0.2) is 9.97 Å². The third-order valence-corrected chi connectivity index (χ3v) is 4.04. The number of hydrogen-bond acceptors (Lipinski definition) is 5. The first-order valence-corrected chi connectivity index (χ1v) is 8.20. The molecule has 0 radical (unpaired) electrons. The Morgan fingerprint density at radius 2 is 1.62 bits per heavy atom. The van der Waals surface area contributed by atoms with E-state index in [4.69, 9.17) is 0 Å². The molecule has 0 aliphatic heterocycles. The molecule has 120 valence electrons. The smallest absolute Gasteiger partial charge is 0.255 e. The van der Waals surface area contributed by atoms with Gasteiger partial charge in [-0.1, -0.05) is 17.7 Å². The van der Waals surface area contributed by atoms with E-state index in [2.05, 4.69) is 20.0 Å². The van der Waals surface area contributed by atoms with Gasteiger partial charge >= 0.3 is 0 Å². The van der Waals surface area contributed by atoms with Crippen molar-refractivity contribution in [2.24, 2.45) is 0 Å². The molecule has 0 aliphatic rings. The molecule has 0 saturated carbocycles. The second kappa shape index (κ2) is 7.61. The van der Waals surface area contributed by atoms with Gasteiger partial charge in [0.05, 0.1) is 0 Å². The van der Waals surface area contributed by atoms with Crippen molar-refractivity contribution in [3.8, 4) is 0 Å². The highest BCUT2D eigenvalue weighted by Crippen LogP contribution is 2.21. The average molecular weight is 336 g/mol. The summed E-state index contributed by atoms with van der Waals surface area (Å²) in [6.07, 6.45) is 3.36. The summed E-state index contributed by atoms with van der Waals surface area (Å²) in [6.45, 7) is 1.99. The number of nitrogens with one attached hydrogen (secondary N) is 2. The van der Waals surface area contributed by atoms with E-state index < -0.39 is 0 Å². The lowest BCUT2D eigenvalue weighted by atomic mass is 10.1. The van der Waals surface area contributed by atoms with Crippen molar-refractivity contribution in [3.05, 3.63) is 78.1 Å². The maximum Gasteiger partial charge on any atom is 0.255 e. The van der Waals surface area contributed by atoms with E-state index in [1.807, 2.05) is 55.5 Å². The third-order valence-electron chi connectivity index (χ3n) is 3.25. The van der Waals surface area contributed by atoms with Gasteiger partial charge in [-0.2, -0.15) is 0 Å². The Balaban J connectivity index is 1.58. The molecule has 2 N–H and O–H groups in total. The molecule has 5 nitrogen and oxygen atoms in total. The van der Waals surface area contributed by atoms with Crippen molar-refractivity contribution in [2.75, 3.05) is 10.0 Å². The molecule has 24 heavy (non-hydrogen) atoms. The van der Waals surface area contributed by atoms with Gasteiger partial charge in [-0.3, -0.25) is 9.52 Å². The SMILES string of the molecule is Cc1ccc(C(=O)Nc2ccc(SNc3ncccn3)cc2)cc1. The summed E-state index contributed by atoms with van der Waals surface area (Å²) in [6, 6.07) is 16.8. The monoisotopic (exact) mass is 336 g/mol. The lowest BCUT2D eigenvalue weighted by Gasteiger charge is -2.07. The molecule has 0 atom stereocenters. The first-order chi connectivity index (χ1) is 11.7. The fraction of sp³-hybridized carbons (Fsp3) is 0.0556. The van der Waals surface area contributed by atoms with E-state index in [0.29, 0.717) is 11.5 Å². The van der Waals surface area contributed by atoms with E-state index in [-0.39, 0.29) is 5.91 Å². The highest BCUT2D eigenvalue weighted by atomic mass is 32.2. The minimum Gasteiger partial charge on any atom is -0.322 e. The molecule has 0 fully saturated rings. The minimum atomic E-state index is -0.119. The van der Waals surface area contributed by atoms with Gasteiger partial charge < -0.3 is 5.32 Å². The van der Waals surface area contributed by atoms with Crippen LogP contribution in [0.1, 0.15) is 15.9 Å². The van der Waals surface area contributed by atoms with E-state index in [0.717, 1.165) is 16.1 Å². The van der Waals surface area contributed by atoms with Crippen LogP contribution in [0.5, 0.6) is 0 Å². The van der Waals surface area contributed by atoms with Crippen LogP contribution in [0.15, 0.2) is 71.9 Å². The van der Waals surface area contributed by atoms with Crippen molar-refractivity contribution in [3.63, 3.8) is 0 Å². The van der Waals surface area contributed by atoms with Crippen LogP contribution in [0, 0.1) is 6.92 Å². The third kappa shape index (κ3) is 4.33. The van der Waals surface area contributed by atoms with E-state index in [9.17, 15) is 4.79 Å². The van der Waals surface area contributed by atoms with Crippen molar-refractivity contribution in [1.82, 2.24) is 9.97 Å². The number of aryl methyl sites for hydroxylation is 1. The van der Waals surface area contributed by atoms with Gasteiger partial charge in [-0.15, -0.1) is 0 Å². The highest BCUT2D eigenvalue weighted by Gasteiger charge is 2.05. The quantitative estimate of drug-likeness (QED) is 0.685. The summed E-state index contributed by atoms with van der Waals surface area (Å²) >= 11 is 1.41. The van der Waals surface area contributed by atoms with Crippen molar-refractivity contribution >= 4 is 29.5 Å². The molecule has 2 aromatic carbocycles. The lowest BCUT2D eigenvalue weighted by Crippen LogP contribution is -2.11. The second-order valence-corrected chi connectivity index (χ2v) is 6.00. The lowest BCUT2D eigenvalue weighted by molar-refractivity contribution is 0.102. The molecule has 0 aliphatic carbocycles. The van der Waals surface area contributed by atoms with Crippen molar-refractivity contribution in [2.45, 2.75) is 11.8 Å². The molecule has 3 aromatic rings. The fourth-order valence-corrected chi connectivity index (χ4v) is 2.56. The number of rotatable bonds is 5. The second-order valence-electron chi connectivity index (χ2n) is 5.12. The van der Waals surface area contributed by atoms with Gasteiger partial charge in [0, 0.05) is 28.5 Å². The predicted molar refractivity (Wildman–Crippen MR) is 97.1 cm³/mol. The topological polar surface area (TPSA) is 66.9 Å². The maximum absolute atomic E-state index is 12.2. The van der Waals surface area contributed by atoms with Crippen LogP contribution in [-0.4, -0.2) is 15.9 Å². The molecular formula is C18H16N4OS. The summed E-state index contributed by atoms with van der Waals surface area (Å²) in [5, 5.41) is 2.89. The van der Waals surface area contributed by atoms with Crippen LogP contribution >= 0.6 is 11.9 Å². The Hall–Kier alpha value is -2.86. The van der Waals surface area contributed by atoms with Gasteiger partial charge in [-0.05, 0) is 61.3 Å². The number of carbonyl (C=O) groups excluding carboxylic acids is 1. The van der Waals surface area contributed by atoms with Gasteiger partial charge in [0.2, 0.25) is 5.95 Å². The molecule has 0 spiro atoms. The standard InChI is InChI=1S/C18H16N4OS/c1-13-3-5-14(6-4-13)17(23)21-15-7-9-16(10-8-15)24-22-18-19-11-2-12-20-18/h2-12H,1H3,(H,21,23)(H,19,20,22). The summed E-state index contributed by atoms with van der Waals surface area (Å²) in [5.74, 6) is 0.436. The Kier molecular flexibility index (Phi) is 5.08. The number of carbonyl (C=O) groups is 1. The first kappa shape index (κ1) is 16.0. The van der Waals surface area contributed by atoms with Crippen LogP contribution in [0.25, 0.3) is 0 Å². The maximum atomic E-state index is 12.2. The summed E-state index contributed by atoms with van der Waals surface area (Å²) in [7, 11) is 0. The minimum absolute atomic E-state index is 0.119. The zero-order valence-corrected chi connectivity index (χ0v) is 13.9. The molecule has 1 aromatic heterocycles. The van der Waals surface area contributed by atoms with Crippen LogP contribution < -0.4 is 10.0 Å². The van der Waals surface area contributed by atoms with Crippen LogP contribution in [0.2, 0.25) is 0 Å². The number of benzene rings is 2. The van der Waals surface area contributed by atoms with Crippen LogP contribution in [0.3, 0.4) is 0 Å². The number of hydrogen-bond donors (Lipinski definition) is 2. The van der Waals surface area contributed by atoms with Crippen LogP contribution in [0.4, 0.5) is 11.6 Å². The van der Waals surface area contributed by atoms with Crippen LogP contribution in [-0.2, 0) is 0 Å². The van der Waals surface area contributed by atoms with E-state index >= 15 is 0 Å². The summed E-state index contributed by atoms with van der Waals surface area (Å²) in [5.41, 5.74) is 2.52. The molecule has 0 unspecified atom stereocenters. The first-order valence-electron chi connectivity index (χ1n) is 7.39. The van der Waals surface area contributed by atoms with Gasteiger partial charge in [0.25, 0.3) is 5.91 Å². The number of aromatic nitrogens is 2. The number of anilines is 2. The molecule has 6 heteroatoms. The highest BCUT2D eigenvalue weighted by molar-refractivity contribution is 8.00. The summed E-state index contributed by atoms with van der Waals surface area (Å²) in [4.78, 5) is 21.4. The molecule has 0 saturated heterocycles. The van der Waals surface area contributed by atoms with E-state index in [1.165, 1.54) is 11.9 Å². The zero-order valence-electron chi connectivity index (χ0n) is 13.1. The molecule has 0 bridgehead atoms. The normalized spacial score (nSPS) is 10.2. The largest absolute Gasteiger partial charge is 0.322 e. The molecular weight excluding hydrogens is 320 g/mol. The molecule has 1 amide bonds. The van der Waals surface area contributed by atoms with Gasteiger partial charge in [0.15, 0.2) is 0 Å². The Labute approximate surface area is 144 Å². The fourth-order valence-electron chi connectivity index (χ4n) is 1.97. The zero-order chi connectivity index (χ0) is 16.8. The Morgan fingerprint density at radius 1 is 0.958 bits per heavy atom. The Bertz CT molecular complexity index is 805. The molecule has 3 rings (SSSR count). The number of nitrogens with zero attached hydrogens (tertiary/aromatic N) is 2. The molecule has 1 heterocycles. The summed E-state index contributed by atoms with van der Waals surface area (Å²) < 4.78 is 3.06. The average Bonchev–Trinajstić information content (AvgIpc) is 2.62. The predicted octanol–water partition coefficient (Wildman–Crippen LogP) is 4.16. The van der Waals surface area contributed by atoms with Crippen molar-refractivity contribution < 1.29 is 4.79 Å². The van der Waals surface area contributed by atoms with E-state index in [1.54, 1.807) is 18.5 Å². The number of amides is 1. The van der Waals surface area contributed by atoms with Crippen molar-refractivity contribution in [1.29, 1.82) is 0 Å². The van der Waals surface area contributed by atoms with Gasteiger partial charge in [0.1, 0.15) is 0 Å².